The second-order valence-electron chi connectivity index (χ2n) is 8.18. The van der Waals surface area contributed by atoms with Crippen LogP contribution in [-0.4, -0.2) is 44.0 Å². The van der Waals surface area contributed by atoms with Crippen molar-refractivity contribution in [2.24, 2.45) is 14.1 Å². The summed E-state index contributed by atoms with van der Waals surface area (Å²) in [6.07, 6.45) is 5.62. The molecule has 0 bridgehead atoms. The SMILES string of the molecule is COc1nc(C2(NC(=O)c3nn(C)c(=O)n(C)c3=O)C=CC=C(c3ccccc3Cl)C2Cl)ccc1C=O. The molecule has 190 valence electrons. The highest BCUT2D eigenvalue weighted by atomic mass is 35.5. The Bertz CT molecular complexity index is 1590. The van der Waals surface area contributed by atoms with Crippen LogP contribution in [0.4, 0.5) is 0 Å². The van der Waals surface area contributed by atoms with Crippen molar-refractivity contribution in [1.82, 2.24) is 24.6 Å². The van der Waals surface area contributed by atoms with Crippen molar-refractivity contribution in [2.75, 3.05) is 7.11 Å². The van der Waals surface area contributed by atoms with Crippen molar-refractivity contribution >= 4 is 41.0 Å². The number of hydrogen-bond acceptors (Lipinski definition) is 7. The number of hydrogen-bond donors (Lipinski definition) is 1. The van der Waals surface area contributed by atoms with Crippen LogP contribution in [-0.2, 0) is 19.6 Å². The van der Waals surface area contributed by atoms with E-state index in [0.717, 1.165) is 9.25 Å². The van der Waals surface area contributed by atoms with Gasteiger partial charge in [-0.25, -0.2) is 14.5 Å². The van der Waals surface area contributed by atoms with Gasteiger partial charge in [0.2, 0.25) is 11.6 Å². The molecular weight excluding hydrogens is 521 g/mol. The number of aromatic nitrogens is 4. The number of allylic oxidation sites excluding steroid dienone is 2. The molecule has 0 radical (unpaired) electrons. The van der Waals surface area contributed by atoms with Crippen LogP contribution in [0.1, 0.15) is 32.1 Å². The third-order valence-corrected chi connectivity index (χ3v) is 6.89. The molecule has 3 aromatic rings. The van der Waals surface area contributed by atoms with Gasteiger partial charge in [-0.05, 0) is 29.3 Å². The lowest BCUT2D eigenvalue weighted by Crippen LogP contribution is -2.54. The maximum atomic E-state index is 13.5. The quantitative estimate of drug-likeness (QED) is 0.374. The average molecular weight is 542 g/mol. The molecule has 2 heterocycles. The lowest BCUT2D eigenvalue weighted by Gasteiger charge is -2.39. The summed E-state index contributed by atoms with van der Waals surface area (Å²) in [7, 11) is 3.92. The van der Waals surface area contributed by atoms with Gasteiger partial charge in [0.25, 0.3) is 11.5 Å². The molecular formula is C25H21Cl2N5O5. The zero-order chi connectivity index (χ0) is 26.9. The third-order valence-electron chi connectivity index (χ3n) is 5.98. The van der Waals surface area contributed by atoms with Crippen molar-refractivity contribution in [1.29, 1.82) is 0 Å². The maximum absolute atomic E-state index is 13.5. The molecule has 0 saturated carbocycles. The van der Waals surface area contributed by atoms with E-state index in [9.17, 15) is 19.2 Å². The van der Waals surface area contributed by atoms with Crippen LogP contribution in [0.25, 0.3) is 5.57 Å². The summed E-state index contributed by atoms with van der Waals surface area (Å²) < 4.78 is 6.93. The molecule has 2 aromatic heterocycles. The molecule has 1 amide bonds. The number of pyridine rings is 1. The second kappa shape index (κ2) is 10.2. The molecule has 12 heteroatoms. The Hall–Kier alpha value is -4.02. The second-order valence-corrected chi connectivity index (χ2v) is 9.02. The molecule has 0 saturated heterocycles. The molecule has 4 rings (SSSR count). The average Bonchev–Trinajstić information content (AvgIpc) is 2.90. The molecule has 0 fully saturated rings. The van der Waals surface area contributed by atoms with Crippen molar-refractivity contribution in [3.8, 4) is 5.88 Å². The van der Waals surface area contributed by atoms with Gasteiger partial charge >= 0.3 is 5.69 Å². The van der Waals surface area contributed by atoms with Gasteiger partial charge in [-0.2, -0.15) is 5.10 Å². The molecule has 1 aliphatic carbocycles. The highest BCUT2D eigenvalue weighted by Gasteiger charge is 2.45. The lowest BCUT2D eigenvalue weighted by molar-refractivity contribution is 0.0904. The van der Waals surface area contributed by atoms with Gasteiger partial charge in [0.15, 0.2) is 6.29 Å². The van der Waals surface area contributed by atoms with E-state index in [0.29, 0.717) is 22.4 Å². The molecule has 37 heavy (non-hydrogen) atoms. The predicted molar refractivity (Wildman–Crippen MR) is 138 cm³/mol. The molecule has 0 spiro atoms. The van der Waals surface area contributed by atoms with Gasteiger partial charge in [0.05, 0.1) is 23.7 Å². The Morgan fingerprint density at radius 3 is 2.59 bits per heavy atom. The number of methoxy groups -OCH3 is 1. The Kier molecular flexibility index (Phi) is 7.15. The van der Waals surface area contributed by atoms with Crippen LogP contribution in [0.3, 0.4) is 0 Å². The standard InChI is InChI=1S/C25H21Cl2N5O5/c1-31-23(35)19(30-32(2)24(31)36)21(34)29-25(18-11-10-14(13-33)22(28-18)37-3)12-6-8-16(20(25)27)15-7-4-5-9-17(15)26/h4-13,20H,1-3H3,(H,29,34). The van der Waals surface area contributed by atoms with E-state index in [-0.39, 0.29) is 17.1 Å². The highest BCUT2D eigenvalue weighted by molar-refractivity contribution is 6.34. The minimum atomic E-state index is -1.54. The number of benzene rings is 1. The minimum Gasteiger partial charge on any atom is -0.480 e. The van der Waals surface area contributed by atoms with Crippen molar-refractivity contribution < 1.29 is 14.3 Å². The van der Waals surface area contributed by atoms with E-state index in [1.807, 2.05) is 0 Å². The van der Waals surface area contributed by atoms with E-state index < -0.39 is 33.8 Å². The molecule has 0 aliphatic heterocycles. The number of carbonyl (C=O) groups is 2. The van der Waals surface area contributed by atoms with Gasteiger partial charge in [0, 0.05) is 19.1 Å². The maximum Gasteiger partial charge on any atom is 0.346 e. The molecule has 2 unspecified atom stereocenters. The summed E-state index contributed by atoms with van der Waals surface area (Å²) in [6, 6.07) is 10.1. The van der Waals surface area contributed by atoms with Gasteiger partial charge in [0.1, 0.15) is 5.54 Å². The van der Waals surface area contributed by atoms with Crippen LogP contribution >= 0.6 is 23.2 Å². The van der Waals surface area contributed by atoms with Crippen molar-refractivity contribution in [3.63, 3.8) is 0 Å². The number of alkyl halides is 1. The number of halogens is 2. The summed E-state index contributed by atoms with van der Waals surface area (Å²) in [4.78, 5) is 54.2. The summed E-state index contributed by atoms with van der Waals surface area (Å²) >= 11 is 13.5. The zero-order valence-corrected chi connectivity index (χ0v) is 21.4. The van der Waals surface area contributed by atoms with Crippen LogP contribution < -0.4 is 21.3 Å². The molecule has 2 atom stereocenters. The van der Waals surface area contributed by atoms with Gasteiger partial charge in [-0.3, -0.25) is 19.0 Å². The number of nitrogens with one attached hydrogen (secondary N) is 1. The van der Waals surface area contributed by atoms with Crippen molar-refractivity contribution in [2.45, 2.75) is 10.9 Å². The smallest absolute Gasteiger partial charge is 0.346 e. The van der Waals surface area contributed by atoms with E-state index in [4.69, 9.17) is 27.9 Å². The first-order valence-corrected chi connectivity index (χ1v) is 11.7. The highest BCUT2D eigenvalue weighted by Crippen LogP contribution is 2.43. The van der Waals surface area contributed by atoms with Crippen LogP contribution in [0.15, 0.2) is 64.2 Å². The molecule has 10 nitrogen and oxygen atoms in total. The van der Waals surface area contributed by atoms with Crippen LogP contribution in [0, 0.1) is 0 Å². The van der Waals surface area contributed by atoms with E-state index in [1.165, 1.54) is 33.3 Å². The summed E-state index contributed by atoms with van der Waals surface area (Å²) in [5, 5.41) is 6.11. The minimum absolute atomic E-state index is 0.0170. The monoisotopic (exact) mass is 541 g/mol. The number of aryl methyl sites for hydroxylation is 1. The van der Waals surface area contributed by atoms with Crippen LogP contribution in [0.5, 0.6) is 5.88 Å². The molecule has 1 aliphatic rings. The summed E-state index contributed by atoms with van der Waals surface area (Å²) in [6.45, 7) is 0. The van der Waals surface area contributed by atoms with E-state index >= 15 is 0 Å². The fourth-order valence-electron chi connectivity index (χ4n) is 4.05. The van der Waals surface area contributed by atoms with Gasteiger partial charge in [-0.15, -0.1) is 11.6 Å². The van der Waals surface area contributed by atoms with Gasteiger partial charge < -0.3 is 10.1 Å². The van der Waals surface area contributed by atoms with Crippen molar-refractivity contribution in [3.05, 3.63) is 103 Å². The van der Waals surface area contributed by atoms with E-state index in [1.54, 1.807) is 42.5 Å². The van der Waals surface area contributed by atoms with Gasteiger partial charge in [-0.1, -0.05) is 48.0 Å². The molecule has 1 N–H and O–H groups in total. The summed E-state index contributed by atoms with van der Waals surface area (Å²) in [5.74, 6) is -0.879. The normalized spacial score (nSPS) is 18.7. The Labute approximate surface area is 220 Å². The Balaban J connectivity index is 1.91. The number of ether oxygens (including phenoxy) is 1. The first-order chi connectivity index (χ1) is 17.6. The Morgan fingerprint density at radius 1 is 1.19 bits per heavy atom. The third kappa shape index (κ3) is 4.49. The number of amides is 1. The molecule has 1 aromatic carbocycles. The number of carbonyl (C=O) groups excluding carboxylic acids is 2. The lowest BCUT2D eigenvalue weighted by atomic mass is 9.80. The topological polar surface area (TPSA) is 125 Å². The largest absolute Gasteiger partial charge is 0.480 e. The van der Waals surface area contributed by atoms with Crippen LogP contribution in [0.2, 0.25) is 5.02 Å². The first kappa shape index (κ1) is 26.1. The Morgan fingerprint density at radius 2 is 1.92 bits per heavy atom. The summed E-state index contributed by atoms with van der Waals surface area (Å²) in [5.41, 5.74) is -2.04. The number of aldehydes is 1. The predicted octanol–water partition coefficient (Wildman–Crippen LogP) is 2.23. The number of rotatable bonds is 6. The fraction of sp³-hybridized carbons (Fsp3) is 0.200. The number of nitrogens with zero attached hydrogens (tertiary/aromatic N) is 4. The fourth-order valence-corrected chi connectivity index (χ4v) is 4.72. The van der Waals surface area contributed by atoms with E-state index in [2.05, 4.69) is 15.4 Å². The zero-order valence-electron chi connectivity index (χ0n) is 19.9. The first-order valence-electron chi connectivity index (χ1n) is 10.9.